The van der Waals surface area contributed by atoms with Gasteiger partial charge in [0.25, 0.3) is 0 Å². The molecule has 3 aromatic rings. The predicted molar refractivity (Wildman–Crippen MR) is 117 cm³/mol. The minimum Gasteiger partial charge on any atom is -0.0648 e. The molecule has 3 rings (SSSR count). The second-order valence-electron chi connectivity index (χ2n) is 7.75. The fourth-order valence-corrected chi connectivity index (χ4v) is 4.15. The molecule has 27 heavy (non-hydrogen) atoms. The van der Waals surface area contributed by atoms with Gasteiger partial charge in [0.1, 0.15) is 0 Å². The van der Waals surface area contributed by atoms with Crippen LogP contribution in [0.2, 0.25) is 0 Å². The molecule has 0 spiro atoms. The molecular formula is C27H32. The van der Waals surface area contributed by atoms with Crippen molar-refractivity contribution in [3.8, 4) is 0 Å². The zero-order valence-electron chi connectivity index (χ0n) is 16.7. The summed E-state index contributed by atoms with van der Waals surface area (Å²) in [7, 11) is 0. The summed E-state index contributed by atoms with van der Waals surface area (Å²) in [5, 5.41) is 0. The van der Waals surface area contributed by atoms with Crippen LogP contribution in [0.4, 0.5) is 0 Å². The SMILES string of the molecule is CCC(CC(CCC(C)c1ccccc1)c1ccccc1)c1ccccc1. The van der Waals surface area contributed by atoms with Gasteiger partial charge >= 0.3 is 0 Å². The fourth-order valence-electron chi connectivity index (χ4n) is 4.15. The Morgan fingerprint density at radius 2 is 1.00 bits per heavy atom. The van der Waals surface area contributed by atoms with Gasteiger partial charge in [-0.25, -0.2) is 0 Å². The third kappa shape index (κ3) is 5.57. The molecular weight excluding hydrogens is 324 g/mol. The Labute approximate surface area is 165 Å². The molecule has 0 amide bonds. The summed E-state index contributed by atoms with van der Waals surface area (Å²) >= 11 is 0. The van der Waals surface area contributed by atoms with Crippen molar-refractivity contribution in [3.05, 3.63) is 108 Å². The van der Waals surface area contributed by atoms with Crippen molar-refractivity contribution < 1.29 is 0 Å². The van der Waals surface area contributed by atoms with Gasteiger partial charge in [-0.2, -0.15) is 0 Å². The molecule has 0 N–H and O–H groups in total. The highest BCUT2D eigenvalue weighted by Crippen LogP contribution is 2.36. The fraction of sp³-hybridized carbons (Fsp3) is 0.333. The molecule has 0 radical (unpaired) electrons. The van der Waals surface area contributed by atoms with Gasteiger partial charge < -0.3 is 0 Å². The Balaban J connectivity index is 1.73. The van der Waals surface area contributed by atoms with Gasteiger partial charge in [0.15, 0.2) is 0 Å². The molecule has 0 heteroatoms. The maximum absolute atomic E-state index is 2.37. The molecule has 0 saturated carbocycles. The third-order valence-corrected chi connectivity index (χ3v) is 5.92. The summed E-state index contributed by atoms with van der Waals surface area (Å²) in [6.07, 6.45) is 4.89. The predicted octanol–water partition coefficient (Wildman–Crippen LogP) is 7.94. The molecule has 3 aromatic carbocycles. The maximum atomic E-state index is 2.37. The lowest BCUT2D eigenvalue weighted by molar-refractivity contribution is 0.467. The van der Waals surface area contributed by atoms with Crippen LogP contribution < -0.4 is 0 Å². The molecule has 0 fully saturated rings. The quantitative estimate of drug-likeness (QED) is 0.365. The summed E-state index contributed by atoms with van der Waals surface area (Å²) in [6.45, 7) is 4.69. The minimum atomic E-state index is 0.606. The van der Waals surface area contributed by atoms with Gasteiger partial charge in [-0.05, 0) is 60.1 Å². The van der Waals surface area contributed by atoms with Crippen LogP contribution in [0.25, 0.3) is 0 Å². The van der Waals surface area contributed by atoms with Gasteiger partial charge in [0.2, 0.25) is 0 Å². The first-order valence-electron chi connectivity index (χ1n) is 10.4. The van der Waals surface area contributed by atoms with Crippen LogP contribution in [0.5, 0.6) is 0 Å². The van der Waals surface area contributed by atoms with E-state index in [1.165, 1.54) is 42.4 Å². The largest absolute Gasteiger partial charge is 0.0648 e. The molecule has 0 heterocycles. The lowest BCUT2D eigenvalue weighted by Crippen LogP contribution is -2.08. The van der Waals surface area contributed by atoms with E-state index >= 15 is 0 Å². The highest BCUT2D eigenvalue weighted by Gasteiger charge is 2.19. The summed E-state index contributed by atoms with van der Waals surface area (Å²) in [6, 6.07) is 33.1. The Kier molecular flexibility index (Phi) is 7.27. The summed E-state index contributed by atoms with van der Waals surface area (Å²) < 4.78 is 0. The van der Waals surface area contributed by atoms with Gasteiger partial charge in [0.05, 0.1) is 0 Å². The van der Waals surface area contributed by atoms with Crippen molar-refractivity contribution in [2.24, 2.45) is 0 Å². The van der Waals surface area contributed by atoms with Crippen molar-refractivity contribution in [1.29, 1.82) is 0 Å². The molecule has 140 valence electrons. The van der Waals surface area contributed by atoms with Crippen LogP contribution in [0.3, 0.4) is 0 Å². The highest BCUT2D eigenvalue weighted by molar-refractivity contribution is 5.24. The van der Waals surface area contributed by atoms with Gasteiger partial charge in [0, 0.05) is 0 Å². The monoisotopic (exact) mass is 356 g/mol. The average Bonchev–Trinajstić information content (AvgIpc) is 2.75. The zero-order chi connectivity index (χ0) is 18.9. The van der Waals surface area contributed by atoms with E-state index in [4.69, 9.17) is 0 Å². The summed E-state index contributed by atoms with van der Waals surface area (Å²) in [5.74, 6) is 1.85. The number of benzene rings is 3. The lowest BCUT2D eigenvalue weighted by Gasteiger charge is -2.25. The van der Waals surface area contributed by atoms with E-state index < -0.39 is 0 Å². The molecule has 0 aromatic heterocycles. The first-order valence-corrected chi connectivity index (χ1v) is 10.4. The highest BCUT2D eigenvalue weighted by atomic mass is 14.2. The van der Waals surface area contributed by atoms with Crippen LogP contribution in [-0.2, 0) is 0 Å². The molecule has 0 aliphatic rings. The van der Waals surface area contributed by atoms with Crippen molar-refractivity contribution in [1.82, 2.24) is 0 Å². The Morgan fingerprint density at radius 3 is 1.48 bits per heavy atom. The van der Waals surface area contributed by atoms with E-state index in [0.29, 0.717) is 17.8 Å². The third-order valence-electron chi connectivity index (χ3n) is 5.92. The van der Waals surface area contributed by atoms with Gasteiger partial charge in [-0.1, -0.05) is 105 Å². The first kappa shape index (κ1) is 19.4. The van der Waals surface area contributed by atoms with E-state index in [0.717, 1.165) is 0 Å². The number of hydrogen-bond acceptors (Lipinski definition) is 0. The minimum absolute atomic E-state index is 0.606. The lowest BCUT2D eigenvalue weighted by atomic mass is 9.80. The number of rotatable bonds is 9. The second-order valence-corrected chi connectivity index (χ2v) is 7.75. The summed E-state index contributed by atoms with van der Waals surface area (Å²) in [5.41, 5.74) is 4.43. The van der Waals surface area contributed by atoms with Crippen LogP contribution in [0.1, 0.15) is 74.0 Å². The van der Waals surface area contributed by atoms with Gasteiger partial charge in [-0.15, -0.1) is 0 Å². The zero-order valence-corrected chi connectivity index (χ0v) is 16.7. The average molecular weight is 357 g/mol. The standard InChI is InChI=1S/C27H32/c1-3-23(25-15-9-5-10-16-25)21-27(26-17-11-6-12-18-26)20-19-22(2)24-13-7-4-8-14-24/h4-18,22-23,27H,3,19-21H2,1-2H3. The Bertz CT molecular complexity index is 761. The summed E-state index contributed by atoms with van der Waals surface area (Å²) in [4.78, 5) is 0. The van der Waals surface area contributed by atoms with Crippen molar-refractivity contribution in [3.63, 3.8) is 0 Å². The maximum Gasteiger partial charge on any atom is -0.0156 e. The van der Waals surface area contributed by atoms with E-state index in [1.54, 1.807) is 0 Å². The van der Waals surface area contributed by atoms with E-state index in [1.807, 2.05) is 0 Å². The molecule has 0 aliphatic heterocycles. The van der Waals surface area contributed by atoms with E-state index in [-0.39, 0.29) is 0 Å². The van der Waals surface area contributed by atoms with Crippen molar-refractivity contribution in [2.75, 3.05) is 0 Å². The Hall–Kier alpha value is -2.34. The molecule has 0 aliphatic carbocycles. The Morgan fingerprint density at radius 1 is 0.556 bits per heavy atom. The van der Waals surface area contributed by atoms with Crippen molar-refractivity contribution >= 4 is 0 Å². The molecule has 0 nitrogen and oxygen atoms in total. The molecule has 3 unspecified atom stereocenters. The second kappa shape index (κ2) is 10.1. The van der Waals surface area contributed by atoms with E-state index in [2.05, 4.69) is 105 Å². The smallest absolute Gasteiger partial charge is 0.0156 e. The molecule has 0 saturated heterocycles. The van der Waals surface area contributed by atoms with Crippen LogP contribution in [0, 0.1) is 0 Å². The van der Waals surface area contributed by atoms with Crippen LogP contribution in [-0.4, -0.2) is 0 Å². The number of hydrogen-bond donors (Lipinski definition) is 0. The van der Waals surface area contributed by atoms with Crippen LogP contribution in [0.15, 0.2) is 91.0 Å². The van der Waals surface area contributed by atoms with Crippen molar-refractivity contribution in [2.45, 2.75) is 57.3 Å². The molecule has 3 atom stereocenters. The normalized spacial score (nSPS) is 14.4. The first-order chi connectivity index (χ1) is 13.3. The topological polar surface area (TPSA) is 0 Å². The van der Waals surface area contributed by atoms with E-state index in [9.17, 15) is 0 Å². The van der Waals surface area contributed by atoms with Gasteiger partial charge in [-0.3, -0.25) is 0 Å². The van der Waals surface area contributed by atoms with Crippen LogP contribution >= 0.6 is 0 Å². The molecule has 0 bridgehead atoms.